The molecule has 0 saturated carbocycles. The smallest absolute Gasteiger partial charge is 0.273 e. The molecule has 23 heavy (non-hydrogen) atoms. The monoisotopic (exact) mass is 304 g/mol. The molecule has 1 amide bonds. The van der Waals surface area contributed by atoms with Gasteiger partial charge in [0.2, 0.25) is 0 Å². The van der Waals surface area contributed by atoms with Crippen LogP contribution in [0.4, 0.5) is 5.82 Å². The van der Waals surface area contributed by atoms with E-state index < -0.39 is 5.91 Å². The molecule has 2 aromatic heterocycles. The number of hydrogen-bond donors (Lipinski definition) is 2. The van der Waals surface area contributed by atoms with E-state index in [1.54, 1.807) is 0 Å². The van der Waals surface area contributed by atoms with E-state index in [2.05, 4.69) is 15.3 Å². The minimum atomic E-state index is -0.712. The van der Waals surface area contributed by atoms with Crippen LogP contribution in [0, 0.1) is 0 Å². The van der Waals surface area contributed by atoms with Gasteiger partial charge in [0.25, 0.3) is 5.91 Å². The third-order valence-electron chi connectivity index (χ3n) is 3.71. The van der Waals surface area contributed by atoms with E-state index in [4.69, 9.17) is 11.5 Å². The van der Waals surface area contributed by atoms with Crippen molar-refractivity contribution >= 4 is 33.5 Å². The Bertz CT molecular complexity index is 1010. The molecule has 2 heterocycles. The molecule has 112 valence electrons. The first-order chi connectivity index (χ1) is 11.2. The third kappa shape index (κ3) is 1.90. The Kier molecular flexibility index (Phi) is 2.74. The van der Waals surface area contributed by atoms with Crippen molar-refractivity contribution in [3.05, 3.63) is 54.2 Å². The van der Waals surface area contributed by atoms with Crippen molar-refractivity contribution in [1.29, 1.82) is 0 Å². The Balaban J connectivity index is 2.17. The van der Waals surface area contributed by atoms with Crippen molar-refractivity contribution in [2.24, 2.45) is 5.73 Å². The van der Waals surface area contributed by atoms with Crippen LogP contribution in [0.2, 0.25) is 0 Å². The number of primary amides is 1. The fraction of sp³-hybridized carbons (Fsp3) is 0. The molecule has 0 fully saturated rings. The number of fused-ring (bicyclic) bond motifs is 2. The summed E-state index contributed by atoms with van der Waals surface area (Å²) >= 11 is 0. The van der Waals surface area contributed by atoms with Crippen LogP contribution in [-0.2, 0) is 0 Å². The van der Waals surface area contributed by atoms with E-state index in [1.165, 1.54) is 4.68 Å². The topological polar surface area (TPSA) is 113 Å². The van der Waals surface area contributed by atoms with Crippen molar-refractivity contribution in [3.8, 4) is 5.69 Å². The Labute approximate surface area is 130 Å². The third-order valence-corrected chi connectivity index (χ3v) is 3.71. The molecule has 0 aliphatic rings. The molecule has 0 radical (unpaired) electrons. The maximum atomic E-state index is 11.4. The van der Waals surface area contributed by atoms with Crippen molar-refractivity contribution in [2.45, 2.75) is 0 Å². The van der Waals surface area contributed by atoms with Gasteiger partial charge in [0, 0.05) is 10.8 Å². The van der Waals surface area contributed by atoms with E-state index in [0.29, 0.717) is 0 Å². The average Bonchev–Trinajstić information content (AvgIpc) is 2.94. The van der Waals surface area contributed by atoms with Gasteiger partial charge in [0.15, 0.2) is 11.5 Å². The number of nitrogens with zero attached hydrogens (tertiary/aromatic N) is 4. The quantitative estimate of drug-likeness (QED) is 0.547. The average molecular weight is 304 g/mol. The highest BCUT2D eigenvalue weighted by atomic mass is 16.1. The van der Waals surface area contributed by atoms with Crippen LogP contribution < -0.4 is 11.5 Å². The van der Waals surface area contributed by atoms with E-state index in [-0.39, 0.29) is 11.5 Å². The van der Waals surface area contributed by atoms with Crippen molar-refractivity contribution in [2.75, 3.05) is 5.73 Å². The van der Waals surface area contributed by atoms with Crippen LogP contribution in [0.25, 0.3) is 27.5 Å². The number of rotatable bonds is 2. The Morgan fingerprint density at radius 3 is 2.04 bits per heavy atom. The molecular weight excluding hydrogens is 292 g/mol. The number of amides is 1. The molecule has 0 atom stereocenters. The molecule has 0 aliphatic carbocycles. The summed E-state index contributed by atoms with van der Waals surface area (Å²) in [4.78, 5) is 16.0. The lowest BCUT2D eigenvalue weighted by molar-refractivity contribution is 0.0996. The number of benzene rings is 2. The van der Waals surface area contributed by atoms with Gasteiger partial charge in [-0.05, 0) is 12.1 Å². The first-order valence-corrected chi connectivity index (χ1v) is 6.95. The van der Waals surface area contributed by atoms with E-state index in [0.717, 1.165) is 27.5 Å². The number of carbonyl (C=O) groups is 1. The van der Waals surface area contributed by atoms with E-state index in [9.17, 15) is 4.79 Å². The van der Waals surface area contributed by atoms with Gasteiger partial charge in [0.1, 0.15) is 0 Å². The van der Waals surface area contributed by atoms with Crippen LogP contribution in [0.3, 0.4) is 0 Å². The van der Waals surface area contributed by atoms with Crippen LogP contribution in [0.1, 0.15) is 10.5 Å². The summed E-state index contributed by atoms with van der Waals surface area (Å²) in [7, 11) is 0. The maximum Gasteiger partial charge on any atom is 0.273 e. The van der Waals surface area contributed by atoms with Gasteiger partial charge in [-0.1, -0.05) is 41.6 Å². The second-order valence-electron chi connectivity index (χ2n) is 5.09. The minimum Gasteiger partial charge on any atom is -0.382 e. The molecule has 4 aromatic rings. The predicted octanol–water partition coefficient (Wildman–Crippen LogP) is 1.65. The van der Waals surface area contributed by atoms with Crippen molar-refractivity contribution in [1.82, 2.24) is 20.0 Å². The SMILES string of the molecule is NC(=O)c1nnn(-c2c3ccccc3nc3ccccc23)c1N. The number of pyridine rings is 1. The molecule has 0 saturated heterocycles. The zero-order chi connectivity index (χ0) is 16.0. The predicted molar refractivity (Wildman–Crippen MR) is 87.1 cm³/mol. The highest BCUT2D eigenvalue weighted by Crippen LogP contribution is 2.30. The van der Waals surface area contributed by atoms with Gasteiger partial charge in [0.05, 0.1) is 16.7 Å². The number of para-hydroxylation sites is 2. The molecule has 4 N–H and O–H groups in total. The van der Waals surface area contributed by atoms with Gasteiger partial charge >= 0.3 is 0 Å². The van der Waals surface area contributed by atoms with Gasteiger partial charge in [-0.3, -0.25) is 4.79 Å². The zero-order valence-corrected chi connectivity index (χ0v) is 12.0. The number of carbonyl (C=O) groups excluding carboxylic acids is 1. The summed E-state index contributed by atoms with van der Waals surface area (Å²) in [5.74, 6) is -0.601. The lowest BCUT2D eigenvalue weighted by atomic mass is 10.1. The molecule has 7 nitrogen and oxygen atoms in total. The summed E-state index contributed by atoms with van der Waals surface area (Å²) in [6.45, 7) is 0. The highest BCUT2D eigenvalue weighted by molar-refractivity contribution is 6.04. The lowest BCUT2D eigenvalue weighted by Gasteiger charge is -2.11. The molecule has 2 aromatic carbocycles. The summed E-state index contributed by atoms with van der Waals surface area (Å²) in [5.41, 5.74) is 13.6. The van der Waals surface area contributed by atoms with Crippen LogP contribution >= 0.6 is 0 Å². The molecule has 0 bridgehead atoms. The second kappa shape index (κ2) is 4.77. The fourth-order valence-corrected chi connectivity index (χ4v) is 2.68. The number of hydrogen-bond acceptors (Lipinski definition) is 5. The Hall–Kier alpha value is -3.48. The lowest BCUT2D eigenvalue weighted by Crippen LogP contribution is -2.14. The molecule has 7 heteroatoms. The summed E-state index contributed by atoms with van der Waals surface area (Å²) < 4.78 is 1.44. The number of anilines is 1. The van der Waals surface area contributed by atoms with Crippen molar-refractivity contribution < 1.29 is 4.79 Å². The second-order valence-corrected chi connectivity index (χ2v) is 5.09. The van der Waals surface area contributed by atoms with Crippen molar-refractivity contribution in [3.63, 3.8) is 0 Å². The highest BCUT2D eigenvalue weighted by Gasteiger charge is 2.19. The first kappa shape index (κ1) is 13.2. The number of nitrogen functional groups attached to an aromatic ring is 1. The van der Waals surface area contributed by atoms with Gasteiger partial charge in [-0.25, -0.2) is 4.98 Å². The number of nitrogens with two attached hydrogens (primary N) is 2. The van der Waals surface area contributed by atoms with Crippen LogP contribution in [0.5, 0.6) is 0 Å². The Morgan fingerprint density at radius 1 is 0.957 bits per heavy atom. The minimum absolute atomic E-state index is 0.0463. The largest absolute Gasteiger partial charge is 0.382 e. The van der Waals surface area contributed by atoms with Gasteiger partial charge in [-0.2, -0.15) is 4.68 Å². The van der Waals surface area contributed by atoms with E-state index >= 15 is 0 Å². The summed E-state index contributed by atoms with van der Waals surface area (Å²) in [5, 5.41) is 9.54. The standard InChI is InChI=1S/C16H12N6O/c17-15-13(16(18)23)20-21-22(15)14-9-5-1-3-7-11(9)19-12-8-4-2-6-10(12)14/h1-8H,17H2,(H2,18,23). The molecular formula is C16H12N6O. The molecule has 0 spiro atoms. The first-order valence-electron chi connectivity index (χ1n) is 6.95. The Morgan fingerprint density at radius 2 is 1.52 bits per heavy atom. The van der Waals surface area contributed by atoms with Gasteiger partial charge < -0.3 is 11.5 Å². The molecule has 0 unspecified atom stereocenters. The van der Waals surface area contributed by atoms with Gasteiger partial charge in [-0.15, -0.1) is 5.10 Å². The number of aromatic nitrogens is 4. The fourth-order valence-electron chi connectivity index (χ4n) is 2.68. The van der Waals surface area contributed by atoms with Crippen LogP contribution in [-0.4, -0.2) is 25.9 Å². The van der Waals surface area contributed by atoms with Crippen LogP contribution in [0.15, 0.2) is 48.5 Å². The summed E-state index contributed by atoms with van der Waals surface area (Å²) in [6, 6.07) is 15.3. The molecule has 0 aliphatic heterocycles. The molecule has 4 rings (SSSR count). The maximum absolute atomic E-state index is 11.4. The summed E-state index contributed by atoms with van der Waals surface area (Å²) in [6.07, 6.45) is 0. The van der Waals surface area contributed by atoms with E-state index in [1.807, 2.05) is 48.5 Å². The normalized spacial score (nSPS) is 11.1. The zero-order valence-electron chi connectivity index (χ0n) is 12.0.